The highest BCUT2D eigenvalue weighted by atomic mass is 16.5. The quantitative estimate of drug-likeness (QED) is 0.597. The molecule has 15 heavy (non-hydrogen) atoms. The molecule has 0 aliphatic rings. The number of hydrogen-bond donors (Lipinski definition) is 1. The summed E-state index contributed by atoms with van der Waals surface area (Å²) in [4.78, 5) is 10.6. The van der Waals surface area contributed by atoms with Crippen LogP contribution in [-0.4, -0.2) is 18.0 Å². The second-order valence-electron chi connectivity index (χ2n) is 3.49. The van der Waals surface area contributed by atoms with E-state index in [2.05, 4.69) is 6.92 Å². The van der Waals surface area contributed by atoms with Gasteiger partial charge in [-0.15, -0.1) is 0 Å². The summed E-state index contributed by atoms with van der Waals surface area (Å²) >= 11 is 0. The van der Waals surface area contributed by atoms with Gasteiger partial charge in [0.25, 0.3) is 0 Å². The lowest BCUT2D eigenvalue weighted by molar-refractivity contribution is 0.112. The third-order valence-electron chi connectivity index (χ3n) is 2.22. The molecular weight excluding hydrogens is 192 g/mol. The minimum Gasteiger partial charge on any atom is -0.507 e. The molecule has 0 saturated heterocycles. The summed E-state index contributed by atoms with van der Waals surface area (Å²) in [6.07, 6.45) is 2.70. The van der Waals surface area contributed by atoms with Gasteiger partial charge < -0.3 is 9.84 Å². The maximum atomic E-state index is 10.6. The number of phenolic OH excluding ortho intramolecular Hbond substituents is 1. The van der Waals surface area contributed by atoms with E-state index in [-0.39, 0.29) is 5.75 Å². The van der Waals surface area contributed by atoms with E-state index in [1.165, 1.54) is 6.07 Å². The molecule has 1 aromatic carbocycles. The van der Waals surface area contributed by atoms with Crippen LogP contribution in [0.3, 0.4) is 0 Å². The van der Waals surface area contributed by atoms with E-state index in [4.69, 9.17) is 4.74 Å². The summed E-state index contributed by atoms with van der Waals surface area (Å²) in [5, 5.41) is 9.52. The van der Waals surface area contributed by atoms with Crippen LogP contribution in [0.25, 0.3) is 0 Å². The van der Waals surface area contributed by atoms with E-state index in [9.17, 15) is 9.90 Å². The van der Waals surface area contributed by atoms with Gasteiger partial charge in [-0.25, -0.2) is 0 Å². The SMILES string of the molecule is CCCCOc1cc(C)c(C=O)c(O)c1. The molecule has 0 radical (unpaired) electrons. The van der Waals surface area contributed by atoms with Gasteiger partial charge in [0.2, 0.25) is 0 Å². The van der Waals surface area contributed by atoms with Crippen molar-refractivity contribution >= 4 is 6.29 Å². The van der Waals surface area contributed by atoms with Crippen LogP contribution in [0.15, 0.2) is 12.1 Å². The first kappa shape index (κ1) is 11.6. The fraction of sp³-hybridized carbons (Fsp3) is 0.417. The first-order valence-corrected chi connectivity index (χ1v) is 5.10. The van der Waals surface area contributed by atoms with E-state index in [0.717, 1.165) is 18.4 Å². The molecule has 1 aromatic rings. The summed E-state index contributed by atoms with van der Waals surface area (Å²) in [5.74, 6) is 0.598. The summed E-state index contributed by atoms with van der Waals surface area (Å²) in [6.45, 7) is 4.49. The molecule has 0 unspecified atom stereocenters. The largest absolute Gasteiger partial charge is 0.507 e. The number of aldehydes is 1. The number of hydrogen-bond acceptors (Lipinski definition) is 3. The van der Waals surface area contributed by atoms with Gasteiger partial charge in [-0.1, -0.05) is 13.3 Å². The maximum absolute atomic E-state index is 10.6. The monoisotopic (exact) mass is 208 g/mol. The van der Waals surface area contributed by atoms with Crippen LogP contribution in [0.2, 0.25) is 0 Å². The Labute approximate surface area is 89.7 Å². The van der Waals surface area contributed by atoms with Gasteiger partial charge in [-0.3, -0.25) is 4.79 Å². The van der Waals surface area contributed by atoms with Crippen LogP contribution >= 0.6 is 0 Å². The lowest BCUT2D eigenvalue weighted by Crippen LogP contribution is -1.98. The highest BCUT2D eigenvalue weighted by Crippen LogP contribution is 2.26. The fourth-order valence-corrected chi connectivity index (χ4v) is 1.32. The Morgan fingerprint density at radius 3 is 2.73 bits per heavy atom. The van der Waals surface area contributed by atoms with E-state index in [1.807, 2.05) is 0 Å². The third kappa shape index (κ3) is 2.98. The molecule has 0 fully saturated rings. The highest BCUT2D eigenvalue weighted by molar-refractivity contribution is 5.81. The number of aryl methyl sites for hydroxylation is 1. The summed E-state index contributed by atoms with van der Waals surface area (Å²) in [6, 6.07) is 3.24. The Hall–Kier alpha value is -1.51. The molecule has 0 heterocycles. The average molecular weight is 208 g/mol. The Balaban J connectivity index is 2.79. The number of benzene rings is 1. The number of phenols is 1. The van der Waals surface area contributed by atoms with Crippen molar-refractivity contribution in [3.05, 3.63) is 23.3 Å². The molecule has 0 bridgehead atoms. The second kappa shape index (κ2) is 5.39. The molecule has 1 N–H and O–H groups in total. The topological polar surface area (TPSA) is 46.5 Å². The number of carbonyl (C=O) groups excluding carboxylic acids is 1. The number of rotatable bonds is 5. The molecular formula is C12H16O3. The summed E-state index contributed by atoms with van der Waals surface area (Å²) in [5.41, 5.74) is 1.06. The molecule has 82 valence electrons. The second-order valence-corrected chi connectivity index (χ2v) is 3.49. The van der Waals surface area contributed by atoms with Gasteiger partial charge in [-0.05, 0) is 25.0 Å². The van der Waals surface area contributed by atoms with E-state index in [0.29, 0.717) is 24.2 Å². The molecule has 0 spiro atoms. The molecule has 0 aliphatic heterocycles. The van der Waals surface area contributed by atoms with E-state index >= 15 is 0 Å². The fourth-order valence-electron chi connectivity index (χ4n) is 1.32. The Morgan fingerprint density at radius 1 is 1.47 bits per heavy atom. The molecule has 3 heteroatoms. The van der Waals surface area contributed by atoms with Crippen molar-refractivity contribution in [2.45, 2.75) is 26.7 Å². The third-order valence-corrected chi connectivity index (χ3v) is 2.22. The van der Waals surface area contributed by atoms with Crippen LogP contribution < -0.4 is 4.74 Å². The number of aromatic hydroxyl groups is 1. The van der Waals surface area contributed by atoms with Gasteiger partial charge in [0, 0.05) is 6.07 Å². The zero-order chi connectivity index (χ0) is 11.3. The van der Waals surface area contributed by atoms with Gasteiger partial charge in [0.15, 0.2) is 6.29 Å². The van der Waals surface area contributed by atoms with Gasteiger partial charge in [0.1, 0.15) is 11.5 Å². The van der Waals surface area contributed by atoms with Crippen LogP contribution in [0.4, 0.5) is 0 Å². The zero-order valence-corrected chi connectivity index (χ0v) is 9.12. The molecule has 0 aliphatic carbocycles. The van der Waals surface area contributed by atoms with Crippen LogP contribution in [0.5, 0.6) is 11.5 Å². The lowest BCUT2D eigenvalue weighted by atomic mass is 10.1. The van der Waals surface area contributed by atoms with Gasteiger partial charge in [0.05, 0.1) is 12.2 Å². The smallest absolute Gasteiger partial charge is 0.154 e. The number of unbranched alkanes of at least 4 members (excludes halogenated alkanes) is 1. The van der Waals surface area contributed by atoms with Crippen molar-refractivity contribution in [3.63, 3.8) is 0 Å². The Kier molecular flexibility index (Phi) is 4.16. The van der Waals surface area contributed by atoms with Crippen molar-refractivity contribution in [1.82, 2.24) is 0 Å². The van der Waals surface area contributed by atoms with E-state index < -0.39 is 0 Å². The molecule has 0 aromatic heterocycles. The molecule has 0 atom stereocenters. The standard InChI is InChI=1S/C12H16O3/c1-3-4-5-15-10-6-9(2)11(8-13)12(14)7-10/h6-8,14H,3-5H2,1-2H3. The van der Waals surface area contributed by atoms with Crippen molar-refractivity contribution in [2.75, 3.05) is 6.61 Å². The lowest BCUT2D eigenvalue weighted by Gasteiger charge is -2.08. The molecule has 1 rings (SSSR count). The average Bonchev–Trinajstić information content (AvgIpc) is 2.18. The van der Waals surface area contributed by atoms with Crippen LogP contribution in [-0.2, 0) is 0 Å². The Bertz CT molecular complexity index is 322. The van der Waals surface area contributed by atoms with Gasteiger partial charge >= 0.3 is 0 Å². The summed E-state index contributed by atoms with van der Waals surface area (Å²) < 4.78 is 5.43. The van der Waals surface area contributed by atoms with Crippen molar-refractivity contribution < 1.29 is 14.6 Å². The van der Waals surface area contributed by atoms with Gasteiger partial charge in [-0.2, -0.15) is 0 Å². The summed E-state index contributed by atoms with van der Waals surface area (Å²) in [7, 11) is 0. The predicted molar refractivity (Wildman–Crippen MR) is 58.6 cm³/mol. The minimum atomic E-state index is -0.0171. The van der Waals surface area contributed by atoms with Crippen molar-refractivity contribution in [2.24, 2.45) is 0 Å². The zero-order valence-electron chi connectivity index (χ0n) is 9.12. The predicted octanol–water partition coefficient (Wildman–Crippen LogP) is 2.69. The molecule has 0 saturated carbocycles. The van der Waals surface area contributed by atoms with Crippen molar-refractivity contribution in [3.8, 4) is 11.5 Å². The number of carbonyl (C=O) groups is 1. The Morgan fingerprint density at radius 2 is 2.20 bits per heavy atom. The molecule has 0 amide bonds. The van der Waals surface area contributed by atoms with E-state index in [1.54, 1.807) is 13.0 Å². The van der Waals surface area contributed by atoms with Crippen LogP contribution in [0, 0.1) is 6.92 Å². The maximum Gasteiger partial charge on any atom is 0.154 e. The minimum absolute atomic E-state index is 0.0171. The molecule has 3 nitrogen and oxygen atoms in total. The van der Waals surface area contributed by atoms with Crippen molar-refractivity contribution in [1.29, 1.82) is 0 Å². The van der Waals surface area contributed by atoms with Crippen LogP contribution in [0.1, 0.15) is 35.7 Å². The highest BCUT2D eigenvalue weighted by Gasteiger charge is 2.06. The first-order chi connectivity index (χ1) is 7.19. The normalized spacial score (nSPS) is 10.0. The number of ether oxygens (including phenoxy) is 1. The first-order valence-electron chi connectivity index (χ1n) is 5.10.